The minimum Gasteiger partial charge on any atom is -0.493 e. The van der Waals surface area contributed by atoms with Gasteiger partial charge in [-0.05, 0) is 29.8 Å². The number of benzene rings is 2. The highest BCUT2D eigenvalue weighted by atomic mass is 32.2. The van der Waals surface area contributed by atoms with Gasteiger partial charge in [0.25, 0.3) is 0 Å². The van der Waals surface area contributed by atoms with E-state index in [0.29, 0.717) is 29.2 Å². The third kappa shape index (κ3) is 4.52. The van der Waals surface area contributed by atoms with Gasteiger partial charge in [0.2, 0.25) is 10.0 Å². The Morgan fingerprint density at radius 3 is 2.30 bits per heavy atom. The van der Waals surface area contributed by atoms with Gasteiger partial charge in [-0.15, -0.1) is 0 Å². The highest BCUT2D eigenvalue weighted by Crippen LogP contribution is 2.27. The second kappa shape index (κ2) is 8.31. The molecule has 7 nitrogen and oxygen atoms in total. The summed E-state index contributed by atoms with van der Waals surface area (Å²) in [5.74, 6) is -3.30. The summed E-state index contributed by atoms with van der Waals surface area (Å²) in [7, 11) is -0.373. The lowest BCUT2D eigenvalue weighted by molar-refractivity contribution is 0.0594. The van der Waals surface area contributed by atoms with Gasteiger partial charge in [-0.1, -0.05) is 6.07 Å². The van der Waals surface area contributed by atoms with Crippen molar-refractivity contribution < 1.29 is 36.2 Å². The van der Waals surface area contributed by atoms with E-state index in [1.807, 2.05) is 0 Å². The molecule has 2 aromatic rings. The maximum absolute atomic E-state index is 13.7. The van der Waals surface area contributed by atoms with Crippen LogP contribution in [0.1, 0.15) is 15.9 Å². The SMILES string of the molecule is COC(=O)c1cc(S(=O)(=O)NCc2ccc(OC)c(OC)c2)cc(F)c1F. The predicted molar refractivity (Wildman–Crippen MR) is 91.3 cm³/mol. The number of halogens is 2. The lowest BCUT2D eigenvalue weighted by atomic mass is 10.2. The molecule has 2 aromatic carbocycles. The summed E-state index contributed by atoms with van der Waals surface area (Å²) in [5.41, 5.74) is -0.281. The van der Waals surface area contributed by atoms with Gasteiger partial charge in [0, 0.05) is 6.54 Å². The maximum atomic E-state index is 13.7. The molecule has 0 bridgehead atoms. The van der Waals surface area contributed by atoms with Crippen molar-refractivity contribution in [3.05, 3.63) is 53.1 Å². The van der Waals surface area contributed by atoms with E-state index < -0.39 is 38.1 Å². The summed E-state index contributed by atoms with van der Waals surface area (Å²) in [5, 5.41) is 0. The van der Waals surface area contributed by atoms with Gasteiger partial charge >= 0.3 is 5.97 Å². The topological polar surface area (TPSA) is 90.9 Å². The zero-order chi connectivity index (χ0) is 20.2. The van der Waals surface area contributed by atoms with Crippen molar-refractivity contribution in [3.63, 3.8) is 0 Å². The second-order valence-electron chi connectivity index (χ2n) is 5.27. The summed E-state index contributed by atoms with van der Waals surface area (Å²) in [6, 6.07) is 5.96. The zero-order valence-corrected chi connectivity index (χ0v) is 15.5. The van der Waals surface area contributed by atoms with Crippen LogP contribution >= 0.6 is 0 Å². The molecule has 0 aliphatic carbocycles. The van der Waals surface area contributed by atoms with Crippen LogP contribution in [0.4, 0.5) is 8.78 Å². The Morgan fingerprint density at radius 2 is 1.70 bits per heavy atom. The van der Waals surface area contributed by atoms with Crippen LogP contribution in [0.2, 0.25) is 0 Å². The molecule has 0 fully saturated rings. The van der Waals surface area contributed by atoms with Crippen molar-refractivity contribution in [2.45, 2.75) is 11.4 Å². The molecule has 0 radical (unpaired) electrons. The third-order valence-corrected chi connectivity index (χ3v) is 5.01. The standard InChI is InChI=1S/C17H17F2NO6S/c1-24-14-5-4-10(6-15(14)25-2)9-20-27(22,23)11-7-12(17(21)26-3)16(19)13(18)8-11/h4-8,20H,9H2,1-3H3. The molecule has 1 N–H and O–H groups in total. The van der Waals surface area contributed by atoms with Crippen molar-refractivity contribution in [2.75, 3.05) is 21.3 Å². The van der Waals surface area contributed by atoms with Gasteiger partial charge < -0.3 is 14.2 Å². The van der Waals surface area contributed by atoms with Crippen LogP contribution in [-0.4, -0.2) is 35.7 Å². The molecule has 146 valence electrons. The van der Waals surface area contributed by atoms with E-state index in [4.69, 9.17) is 9.47 Å². The number of carbonyl (C=O) groups is 1. The summed E-state index contributed by atoms with van der Waals surface area (Å²) < 4.78 is 69.0. The number of hydrogen-bond donors (Lipinski definition) is 1. The lowest BCUT2D eigenvalue weighted by Crippen LogP contribution is -2.24. The van der Waals surface area contributed by atoms with Gasteiger partial charge in [-0.3, -0.25) is 0 Å². The molecule has 27 heavy (non-hydrogen) atoms. The number of rotatable bonds is 7. The molecular formula is C17H17F2NO6S. The van der Waals surface area contributed by atoms with Gasteiger partial charge in [-0.2, -0.15) is 0 Å². The van der Waals surface area contributed by atoms with Gasteiger partial charge in [-0.25, -0.2) is 26.7 Å². The fourth-order valence-corrected chi connectivity index (χ4v) is 3.29. The van der Waals surface area contributed by atoms with Crippen LogP contribution in [0.15, 0.2) is 35.2 Å². The highest BCUT2D eigenvalue weighted by molar-refractivity contribution is 7.89. The normalized spacial score (nSPS) is 11.1. The molecule has 0 spiro atoms. The van der Waals surface area contributed by atoms with E-state index in [1.165, 1.54) is 14.2 Å². The smallest absolute Gasteiger partial charge is 0.341 e. The molecule has 10 heteroatoms. The number of esters is 1. The summed E-state index contributed by atoms with van der Waals surface area (Å²) in [6.45, 7) is -0.157. The molecule has 0 saturated carbocycles. The number of methoxy groups -OCH3 is 3. The Bertz CT molecular complexity index is 962. The van der Waals surface area contributed by atoms with Crippen LogP contribution < -0.4 is 14.2 Å². The van der Waals surface area contributed by atoms with Crippen molar-refractivity contribution in [1.29, 1.82) is 0 Å². The average Bonchev–Trinajstić information content (AvgIpc) is 2.67. The Balaban J connectivity index is 2.29. The van der Waals surface area contributed by atoms with Crippen LogP contribution in [0.3, 0.4) is 0 Å². The first kappa shape index (κ1) is 20.6. The monoisotopic (exact) mass is 401 g/mol. The van der Waals surface area contributed by atoms with E-state index in [9.17, 15) is 22.0 Å². The van der Waals surface area contributed by atoms with Crippen LogP contribution in [0.25, 0.3) is 0 Å². The largest absolute Gasteiger partial charge is 0.493 e. The second-order valence-corrected chi connectivity index (χ2v) is 7.04. The quantitative estimate of drug-likeness (QED) is 0.716. The minimum atomic E-state index is -4.23. The number of nitrogens with one attached hydrogen (secondary N) is 1. The molecular weight excluding hydrogens is 384 g/mol. The van der Waals surface area contributed by atoms with E-state index in [1.54, 1.807) is 18.2 Å². The Morgan fingerprint density at radius 1 is 1.04 bits per heavy atom. The van der Waals surface area contributed by atoms with Crippen molar-refractivity contribution in [2.24, 2.45) is 0 Å². The van der Waals surface area contributed by atoms with Crippen molar-refractivity contribution >= 4 is 16.0 Å². The molecule has 0 saturated heterocycles. The molecule has 0 aliphatic rings. The number of ether oxygens (including phenoxy) is 3. The van der Waals surface area contributed by atoms with Gasteiger partial charge in [0.15, 0.2) is 23.1 Å². The van der Waals surface area contributed by atoms with Crippen LogP contribution in [0, 0.1) is 11.6 Å². The van der Waals surface area contributed by atoms with E-state index in [2.05, 4.69) is 9.46 Å². The molecule has 0 unspecified atom stereocenters. The first-order valence-corrected chi connectivity index (χ1v) is 8.99. The number of hydrogen-bond acceptors (Lipinski definition) is 6. The van der Waals surface area contributed by atoms with Crippen LogP contribution in [0.5, 0.6) is 11.5 Å². The average molecular weight is 401 g/mol. The number of sulfonamides is 1. The Hall–Kier alpha value is -2.72. The predicted octanol–water partition coefficient (Wildman–Crippen LogP) is 2.25. The maximum Gasteiger partial charge on any atom is 0.341 e. The first-order chi connectivity index (χ1) is 12.7. The van der Waals surface area contributed by atoms with Gasteiger partial charge in [0.1, 0.15) is 0 Å². The molecule has 2 rings (SSSR count). The molecule has 0 amide bonds. The van der Waals surface area contributed by atoms with Crippen molar-refractivity contribution in [3.8, 4) is 11.5 Å². The van der Waals surface area contributed by atoms with Crippen LogP contribution in [-0.2, 0) is 21.3 Å². The molecule has 0 atom stereocenters. The van der Waals surface area contributed by atoms with Gasteiger partial charge in [0.05, 0.1) is 31.8 Å². The van der Waals surface area contributed by atoms with E-state index in [0.717, 1.165) is 7.11 Å². The lowest BCUT2D eigenvalue weighted by Gasteiger charge is -2.11. The van der Waals surface area contributed by atoms with Crippen molar-refractivity contribution in [1.82, 2.24) is 4.72 Å². The minimum absolute atomic E-state index is 0.157. The Labute approximate surface area is 154 Å². The zero-order valence-electron chi connectivity index (χ0n) is 14.7. The fraction of sp³-hybridized carbons (Fsp3) is 0.235. The fourth-order valence-electron chi connectivity index (χ4n) is 2.23. The number of carbonyl (C=O) groups excluding carboxylic acids is 1. The van der Waals surface area contributed by atoms with E-state index in [-0.39, 0.29) is 6.54 Å². The third-order valence-electron chi connectivity index (χ3n) is 3.63. The summed E-state index contributed by atoms with van der Waals surface area (Å²) in [4.78, 5) is 10.9. The molecule has 0 aliphatic heterocycles. The first-order valence-electron chi connectivity index (χ1n) is 7.51. The summed E-state index contributed by atoms with van der Waals surface area (Å²) >= 11 is 0. The molecule has 0 heterocycles. The van der Waals surface area contributed by atoms with E-state index >= 15 is 0 Å². The highest BCUT2D eigenvalue weighted by Gasteiger charge is 2.23. The summed E-state index contributed by atoms with van der Waals surface area (Å²) in [6.07, 6.45) is 0. The Kier molecular flexibility index (Phi) is 6.34. The molecule has 0 aromatic heterocycles.